The number of rotatable bonds is 5. The number of carbonyl (C=O) groups is 2. The van der Waals surface area contributed by atoms with E-state index in [0.717, 1.165) is 0 Å². The van der Waals surface area contributed by atoms with Gasteiger partial charge in [0.1, 0.15) is 11.6 Å². The molecule has 1 fully saturated rings. The molecule has 2 aromatic carbocycles. The van der Waals surface area contributed by atoms with Crippen molar-refractivity contribution >= 4 is 28.9 Å². The highest BCUT2D eigenvalue weighted by Crippen LogP contribution is 2.37. The Bertz CT molecular complexity index is 1030. The minimum Gasteiger partial charge on any atom is -0.426 e. The fourth-order valence-corrected chi connectivity index (χ4v) is 4.16. The Morgan fingerprint density at radius 3 is 2.50 bits per heavy atom. The van der Waals surface area contributed by atoms with E-state index < -0.39 is 17.2 Å². The molecule has 2 heterocycles. The van der Waals surface area contributed by atoms with Crippen molar-refractivity contribution in [2.75, 3.05) is 18.5 Å². The van der Waals surface area contributed by atoms with Crippen molar-refractivity contribution in [3.63, 3.8) is 0 Å². The Morgan fingerprint density at radius 2 is 1.83 bits per heavy atom. The Hall–Kier alpha value is -3.03. The first kappa shape index (κ1) is 20.3. The number of hydrogen-bond acceptors (Lipinski definition) is 5. The second-order valence-corrected chi connectivity index (χ2v) is 7.86. The van der Waals surface area contributed by atoms with E-state index in [2.05, 4.69) is 5.32 Å². The number of halogens is 1. The summed E-state index contributed by atoms with van der Waals surface area (Å²) >= 11 is 1.45. The molecule has 0 atom stereocenters. The van der Waals surface area contributed by atoms with Gasteiger partial charge in [-0.1, -0.05) is 12.1 Å². The molecular weight excluding hydrogens is 405 g/mol. The molecule has 0 radical (unpaired) electrons. The van der Waals surface area contributed by atoms with Crippen LogP contribution in [0.2, 0.25) is 0 Å². The number of hydrogen-bond donors (Lipinski definition) is 1. The second-order valence-electron chi connectivity index (χ2n) is 7.08. The molecule has 0 unspecified atom stereocenters. The van der Waals surface area contributed by atoms with Crippen molar-refractivity contribution in [1.29, 1.82) is 0 Å². The first-order chi connectivity index (χ1) is 14.6. The summed E-state index contributed by atoms with van der Waals surface area (Å²) in [6.45, 7) is 0.804. The molecule has 1 saturated heterocycles. The van der Waals surface area contributed by atoms with Gasteiger partial charge in [-0.05, 0) is 66.2 Å². The second kappa shape index (κ2) is 8.77. The maximum absolute atomic E-state index is 13.8. The van der Waals surface area contributed by atoms with Gasteiger partial charge in [-0.25, -0.2) is 4.39 Å². The average Bonchev–Trinajstić information content (AvgIpc) is 3.31. The predicted molar refractivity (Wildman–Crippen MR) is 112 cm³/mol. The van der Waals surface area contributed by atoms with Crippen LogP contribution in [-0.4, -0.2) is 25.1 Å². The predicted octanol–water partition coefficient (Wildman–Crippen LogP) is 4.79. The van der Waals surface area contributed by atoms with Gasteiger partial charge in [-0.15, -0.1) is 0 Å². The Labute approximate surface area is 177 Å². The number of carbonyl (C=O) groups excluding carboxylic acids is 2. The van der Waals surface area contributed by atoms with Crippen molar-refractivity contribution in [1.82, 2.24) is 0 Å². The van der Waals surface area contributed by atoms with Crippen LogP contribution in [0, 0.1) is 5.82 Å². The third kappa shape index (κ3) is 4.27. The summed E-state index contributed by atoms with van der Waals surface area (Å²) in [4.78, 5) is 25.3. The van der Waals surface area contributed by atoms with Crippen LogP contribution < -0.4 is 10.1 Å². The number of thiophene rings is 1. The fourth-order valence-electron chi connectivity index (χ4n) is 3.52. The number of benzene rings is 2. The molecule has 1 aromatic heterocycles. The van der Waals surface area contributed by atoms with Crippen LogP contribution in [0.15, 0.2) is 65.4 Å². The number of anilines is 1. The Kier molecular flexibility index (Phi) is 5.92. The smallest absolute Gasteiger partial charge is 0.322 e. The summed E-state index contributed by atoms with van der Waals surface area (Å²) in [5, 5.41) is 6.40. The normalized spacial score (nSPS) is 15.4. The molecule has 0 spiro atoms. The first-order valence-corrected chi connectivity index (χ1v) is 10.5. The third-order valence-electron chi connectivity index (χ3n) is 5.22. The minimum absolute atomic E-state index is 0.201. The van der Waals surface area contributed by atoms with E-state index in [1.807, 2.05) is 5.38 Å². The Morgan fingerprint density at radius 1 is 1.07 bits per heavy atom. The van der Waals surface area contributed by atoms with Gasteiger partial charge in [0.05, 0.1) is 11.0 Å². The average molecular weight is 425 g/mol. The van der Waals surface area contributed by atoms with E-state index in [1.165, 1.54) is 23.5 Å². The zero-order valence-electron chi connectivity index (χ0n) is 16.1. The van der Waals surface area contributed by atoms with Crippen LogP contribution in [0.25, 0.3) is 0 Å². The fraction of sp³-hybridized carbons (Fsp3) is 0.217. The zero-order valence-corrected chi connectivity index (χ0v) is 16.9. The highest BCUT2D eigenvalue weighted by molar-refractivity contribution is 7.08. The molecule has 7 heteroatoms. The minimum atomic E-state index is -0.952. The van der Waals surface area contributed by atoms with E-state index in [-0.39, 0.29) is 5.91 Å². The molecule has 5 nitrogen and oxygen atoms in total. The van der Waals surface area contributed by atoms with E-state index in [4.69, 9.17) is 9.47 Å². The number of nitrogens with one attached hydrogen (secondary N) is 1. The monoisotopic (exact) mass is 425 g/mol. The topological polar surface area (TPSA) is 64.6 Å². The van der Waals surface area contributed by atoms with Gasteiger partial charge in [0, 0.05) is 24.3 Å². The molecule has 1 N–H and O–H groups in total. The van der Waals surface area contributed by atoms with Crippen molar-refractivity contribution < 1.29 is 23.5 Å². The quantitative estimate of drug-likeness (QED) is 0.471. The van der Waals surface area contributed by atoms with Gasteiger partial charge in [0.2, 0.25) is 0 Å². The molecule has 1 amide bonds. The molecule has 30 heavy (non-hydrogen) atoms. The molecule has 1 aliphatic heterocycles. The largest absolute Gasteiger partial charge is 0.426 e. The maximum atomic E-state index is 13.8. The van der Waals surface area contributed by atoms with Crippen LogP contribution in [0.1, 0.15) is 28.8 Å². The third-order valence-corrected chi connectivity index (χ3v) is 5.90. The molecular formula is C23H20FNO4S. The SMILES string of the molecule is O=C(Nc1ccc(OC(=O)C2(c3cccc(F)c3)CCOCC2)cc1)c1ccsc1. The number of esters is 1. The molecule has 154 valence electrons. The first-order valence-electron chi connectivity index (χ1n) is 9.56. The van der Waals surface area contributed by atoms with E-state index in [9.17, 15) is 14.0 Å². The van der Waals surface area contributed by atoms with E-state index in [0.29, 0.717) is 48.6 Å². The number of amides is 1. The lowest BCUT2D eigenvalue weighted by atomic mass is 9.74. The summed E-state index contributed by atoms with van der Waals surface area (Å²) in [6.07, 6.45) is 0.841. The van der Waals surface area contributed by atoms with E-state index in [1.54, 1.807) is 47.8 Å². The molecule has 0 saturated carbocycles. The van der Waals surface area contributed by atoms with Gasteiger partial charge in [0.25, 0.3) is 5.91 Å². The van der Waals surface area contributed by atoms with Gasteiger partial charge in [-0.2, -0.15) is 11.3 Å². The molecule has 3 aromatic rings. The van der Waals surface area contributed by atoms with Crippen LogP contribution in [0.4, 0.5) is 10.1 Å². The highest BCUT2D eigenvalue weighted by atomic mass is 32.1. The molecule has 0 bridgehead atoms. The zero-order chi connectivity index (χ0) is 21.0. The number of ether oxygens (including phenoxy) is 2. The van der Waals surface area contributed by atoms with Gasteiger partial charge < -0.3 is 14.8 Å². The lowest BCUT2D eigenvalue weighted by Gasteiger charge is -2.35. The lowest BCUT2D eigenvalue weighted by molar-refractivity contribution is -0.145. The van der Waals surface area contributed by atoms with Gasteiger partial charge in [-0.3, -0.25) is 9.59 Å². The summed E-state index contributed by atoms with van der Waals surface area (Å²) < 4.78 is 24.9. The van der Waals surface area contributed by atoms with Crippen LogP contribution in [0.5, 0.6) is 5.75 Å². The maximum Gasteiger partial charge on any atom is 0.322 e. The van der Waals surface area contributed by atoms with Crippen molar-refractivity contribution in [3.05, 3.63) is 82.3 Å². The van der Waals surface area contributed by atoms with E-state index >= 15 is 0 Å². The summed E-state index contributed by atoms with van der Waals surface area (Å²) in [5.41, 5.74) is 0.825. The van der Waals surface area contributed by atoms with Crippen molar-refractivity contribution in [3.8, 4) is 5.75 Å². The molecule has 4 rings (SSSR count). The van der Waals surface area contributed by atoms with Crippen molar-refractivity contribution in [2.24, 2.45) is 0 Å². The van der Waals surface area contributed by atoms with Gasteiger partial charge >= 0.3 is 5.97 Å². The van der Waals surface area contributed by atoms with Crippen LogP contribution in [-0.2, 0) is 14.9 Å². The van der Waals surface area contributed by atoms with Gasteiger partial charge in [0.15, 0.2) is 0 Å². The summed E-state index contributed by atoms with van der Waals surface area (Å²) in [6, 6.07) is 14.4. The van der Waals surface area contributed by atoms with Crippen LogP contribution in [0.3, 0.4) is 0 Å². The van der Waals surface area contributed by atoms with Crippen LogP contribution >= 0.6 is 11.3 Å². The Balaban J connectivity index is 1.49. The standard InChI is InChI=1S/C23H20FNO4S/c24-18-3-1-2-17(14-18)23(9-11-28-12-10-23)22(27)29-20-6-4-19(5-7-20)25-21(26)16-8-13-30-15-16/h1-8,13-15H,9-12H2,(H,25,26). The summed E-state index contributed by atoms with van der Waals surface area (Å²) in [7, 11) is 0. The lowest BCUT2D eigenvalue weighted by Crippen LogP contribution is -2.44. The highest BCUT2D eigenvalue weighted by Gasteiger charge is 2.43. The molecule has 1 aliphatic rings. The van der Waals surface area contributed by atoms with Crippen molar-refractivity contribution in [2.45, 2.75) is 18.3 Å². The molecule has 0 aliphatic carbocycles. The summed E-state index contributed by atoms with van der Waals surface area (Å²) in [5.74, 6) is -0.674.